The summed E-state index contributed by atoms with van der Waals surface area (Å²) in [6, 6.07) is 22.8. The highest BCUT2D eigenvalue weighted by molar-refractivity contribution is 9.10. The van der Waals surface area contributed by atoms with Crippen LogP contribution < -0.4 is 24.4 Å². The van der Waals surface area contributed by atoms with Gasteiger partial charge in [0.2, 0.25) is 0 Å². The maximum absolute atomic E-state index is 13.5. The van der Waals surface area contributed by atoms with E-state index in [0.29, 0.717) is 58.8 Å². The van der Waals surface area contributed by atoms with Crippen molar-refractivity contribution in [2.24, 2.45) is 5.10 Å². The van der Waals surface area contributed by atoms with Crippen molar-refractivity contribution < 1.29 is 28.5 Å². The first-order chi connectivity index (χ1) is 22.3. The number of nitrogens with zero attached hydrogens (tertiary/aromatic N) is 1. The number of halogens is 2. The summed E-state index contributed by atoms with van der Waals surface area (Å²) in [5, 5.41) is 5.46. The molecule has 0 aliphatic carbocycles. The quantitative estimate of drug-likeness (QED) is 0.0584. The minimum Gasteiger partial charge on any atom is -0.494 e. The third-order valence-electron chi connectivity index (χ3n) is 6.77. The molecule has 0 spiro atoms. The predicted molar refractivity (Wildman–Crippen MR) is 183 cm³/mol. The summed E-state index contributed by atoms with van der Waals surface area (Å²) in [6.07, 6.45) is 1.40. The van der Waals surface area contributed by atoms with E-state index in [2.05, 4.69) is 31.4 Å². The molecule has 0 aliphatic heterocycles. The van der Waals surface area contributed by atoms with E-state index in [0.717, 1.165) is 15.4 Å². The number of amides is 1. The Kier molecular flexibility index (Phi) is 10.6. The van der Waals surface area contributed by atoms with Gasteiger partial charge >= 0.3 is 5.97 Å². The lowest BCUT2D eigenvalue weighted by Crippen LogP contribution is -2.19. The largest absolute Gasteiger partial charge is 0.494 e. The zero-order chi connectivity index (χ0) is 32.6. The molecule has 1 heterocycles. The molecule has 11 heteroatoms. The molecule has 0 saturated heterocycles. The smallest absolute Gasteiger partial charge is 0.343 e. The van der Waals surface area contributed by atoms with Crippen molar-refractivity contribution in [3.05, 3.63) is 105 Å². The lowest BCUT2D eigenvalue weighted by molar-refractivity contribution is 0.0733. The van der Waals surface area contributed by atoms with Gasteiger partial charge in [0.05, 0.1) is 31.6 Å². The highest BCUT2D eigenvalue weighted by atomic mass is 79.9. The third-order valence-corrected chi connectivity index (χ3v) is 7.60. The summed E-state index contributed by atoms with van der Waals surface area (Å²) in [4.78, 5) is 29.9. The van der Waals surface area contributed by atoms with E-state index in [9.17, 15) is 9.59 Å². The van der Waals surface area contributed by atoms with Gasteiger partial charge in [0.15, 0.2) is 11.5 Å². The second-order valence-corrected chi connectivity index (χ2v) is 11.1. The average molecular weight is 705 g/mol. The topological polar surface area (TPSA) is 111 Å². The van der Waals surface area contributed by atoms with E-state index in [1.54, 1.807) is 42.5 Å². The van der Waals surface area contributed by atoms with Gasteiger partial charge < -0.3 is 23.9 Å². The van der Waals surface area contributed by atoms with Crippen LogP contribution in [0.3, 0.4) is 0 Å². The van der Waals surface area contributed by atoms with Gasteiger partial charge in [0.1, 0.15) is 17.2 Å². The van der Waals surface area contributed by atoms with Gasteiger partial charge in [-0.3, -0.25) is 4.79 Å². The lowest BCUT2D eigenvalue weighted by atomic mass is 10.0. The maximum Gasteiger partial charge on any atom is 0.343 e. The molecule has 0 saturated carbocycles. The van der Waals surface area contributed by atoms with Gasteiger partial charge in [-0.05, 0) is 81.4 Å². The molecule has 46 heavy (non-hydrogen) atoms. The number of hydrogen-bond acceptors (Lipinski definition) is 7. The monoisotopic (exact) mass is 703 g/mol. The van der Waals surface area contributed by atoms with Gasteiger partial charge in [0, 0.05) is 37.1 Å². The molecular formula is C35H31BrClN3O6. The van der Waals surface area contributed by atoms with E-state index < -0.39 is 11.9 Å². The van der Waals surface area contributed by atoms with Crippen molar-refractivity contribution in [2.45, 2.75) is 20.8 Å². The maximum atomic E-state index is 13.5. The van der Waals surface area contributed by atoms with Crippen LogP contribution in [0.5, 0.6) is 23.0 Å². The number of ether oxygens (including phenoxy) is 4. The Bertz CT molecular complexity index is 1920. The molecule has 2 N–H and O–H groups in total. The predicted octanol–water partition coefficient (Wildman–Crippen LogP) is 8.43. The fraction of sp³-hybridized carbons (Fsp3) is 0.171. The number of nitrogens with one attached hydrogen (secondary N) is 2. The minimum atomic E-state index is -0.598. The molecular weight excluding hydrogens is 674 g/mol. The van der Waals surface area contributed by atoms with E-state index in [4.69, 9.17) is 30.5 Å². The van der Waals surface area contributed by atoms with Crippen LogP contribution in [0.25, 0.3) is 22.0 Å². The zero-order valence-corrected chi connectivity index (χ0v) is 27.7. The van der Waals surface area contributed by atoms with E-state index in [1.165, 1.54) is 6.21 Å². The number of aromatic amines is 1. The van der Waals surface area contributed by atoms with E-state index in [1.807, 2.05) is 57.2 Å². The molecule has 5 aromatic rings. The summed E-state index contributed by atoms with van der Waals surface area (Å²) in [5.74, 6) is 0.801. The molecule has 0 aliphatic rings. The normalized spacial score (nSPS) is 11.1. The number of fused-ring (bicyclic) bond motifs is 1. The first-order valence-electron chi connectivity index (χ1n) is 14.6. The van der Waals surface area contributed by atoms with Crippen LogP contribution in [0, 0.1) is 0 Å². The van der Waals surface area contributed by atoms with Gasteiger partial charge in [-0.2, -0.15) is 5.10 Å². The number of benzene rings is 4. The fourth-order valence-electron chi connectivity index (χ4n) is 4.81. The van der Waals surface area contributed by atoms with Crippen molar-refractivity contribution in [3.63, 3.8) is 0 Å². The Balaban J connectivity index is 1.41. The van der Waals surface area contributed by atoms with Crippen molar-refractivity contribution in [2.75, 3.05) is 19.8 Å². The SMILES string of the molecule is CCOc1ccc2[nH]c(C(=O)NN=Cc3cc(Br)ccc3OC(=O)c3ccc(OCC)c(OCC)c3)c(-c3ccccc3Cl)c2c1. The number of carbonyl (C=O) groups is 2. The zero-order valence-electron chi connectivity index (χ0n) is 25.4. The number of hydrazone groups is 1. The second-order valence-electron chi connectivity index (χ2n) is 9.79. The van der Waals surface area contributed by atoms with Gasteiger partial charge in [-0.1, -0.05) is 45.7 Å². The summed E-state index contributed by atoms with van der Waals surface area (Å²) < 4.78 is 23.4. The summed E-state index contributed by atoms with van der Waals surface area (Å²) >= 11 is 10.0. The van der Waals surface area contributed by atoms with Gasteiger partial charge in [-0.15, -0.1) is 0 Å². The van der Waals surface area contributed by atoms with Crippen LogP contribution in [-0.2, 0) is 0 Å². The number of esters is 1. The second kappa shape index (κ2) is 15.0. The lowest BCUT2D eigenvalue weighted by Gasteiger charge is -2.13. The first kappa shape index (κ1) is 32.6. The number of carbonyl (C=O) groups excluding carboxylic acids is 2. The molecule has 5 rings (SSSR count). The summed E-state index contributed by atoms with van der Waals surface area (Å²) in [6.45, 7) is 6.99. The Morgan fingerprint density at radius 3 is 2.37 bits per heavy atom. The minimum absolute atomic E-state index is 0.240. The van der Waals surface area contributed by atoms with Crippen molar-refractivity contribution in [1.82, 2.24) is 10.4 Å². The molecule has 236 valence electrons. The Hall–Kier alpha value is -4.80. The molecule has 1 amide bonds. The molecule has 0 fully saturated rings. The highest BCUT2D eigenvalue weighted by Gasteiger charge is 2.22. The Labute approximate surface area is 279 Å². The molecule has 0 atom stereocenters. The van der Waals surface area contributed by atoms with E-state index in [-0.39, 0.29) is 17.0 Å². The number of hydrogen-bond donors (Lipinski definition) is 2. The van der Waals surface area contributed by atoms with E-state index >= 15 is 0 Å². The average Bonchev–Trinajstić information content (AvgIpc) is 3.42. The van der Waals surface area contributed by atoms with Crippen molar-refractivity contribution in [1.29, 1.82) is 0 Å². The van der Waals surface area contributed by atoms with Crippen LogP contribution in [0.1, 0.15) is 47.2 Å². The molecule has 0 bridgehead atoms. The van der Waals surface area contributed by atoms with Crippen LogP contribution >= 0.6 is 27.5 Å². The fourth-order valence-corrected chi connectivity index (χ4v) is 5.42. The number of aromatic nitrogens is 1. The first-order valence-corrected chi connectivity index (χ1v) is 15.8. The molecule has 9 nitrogen and oxygen atoms in total. The van der Waals surface area contributed by atoms with Crippen molar-refractivity contribution >= 4 is 56.5 Å². The van der Waals surface area contributed by atoms with Gasteiger partial charge in [0.25, 0.3) is 5.91 Å². The standard InChI is InChI=1S/C35H31BrClN3O6/c1-4-43-24-13-14-28-26(19-24)32(25-9-7-8-10-27(25)37)33(39-28)34(41)40-38-20-22-17-23(36)12-16-29(22)46-35(42)21-11-15-30(44-5-2)31(18-21)45-6-3/h7-20,39H,4-6H2,1-3H3,(H,40,41). The van der Waals surface area contributed by atoms with Crippen LogP contribution in [-0.4, -0.2) is 42.9 Å². The third kappa shape index (κ3) is 7.35. The summed E-state index contributed by atoms with van der Waals surface area (Å²) in [7, 11) is 0. The number of H-pyrrole nitrogens is 1. The number of rotatable bonds is 12. The molecule has 0 unspecified atom stereocenters. The van der Waals surface area contributed by atoms with Crippen LogP contribution in [0.2, 0.25) is 5.02 Å². The summed E-state index contributed by atoms with van der Waals surface area (Å²) in [5.41, 5.74) is 5.62. The van der Waals surface area contributed by atoms with Crippen molar-refractivity contribution in [3.8, 4) is 34.1 Å². The van der Waals surface area contributed by atoms with Crippen LogP contribution in [0.4, 0.5) is 0 Å². The highest BCUT2D eigenvalue weighted by Crippen LogP contribution is 2.38. The molecule has 0 radical (unpaired) electrons. The molecule has 1 aromatic heterocycles. The molecule has 4 aromatic carbocycles. The van der Waals surface area contributed by atoms with Gasteiger partial charge in [-0.25, -0.2) is 10.2 Å². The van der Waals surface area contributed by atoms with Crippen LogP contribution in [0.15, 0.2) is 88.4 Å². The Morgan fingerprint density at radius 2 is 1.61 bits per heavy atom. The Morgan fingerprint density at radius 1 is 0.870 bits per heavy atom.